The smallest absolute Gasteiger partial charge is 0.336 e. The van der Waals surface area contributed by atoms with E-state index in [0.717, 1.165) is 0 Å². The summed E-state index contributed by atoms with van der Waals surface area (Å²) in [6, 6.07) is 12.0. The minimum absolute atomic E-state index is 0.0193. The monoisotopic (exact) mass is 327 g/mol. The van der Waals surface area contributed by atoms with Crippen LogP contribution >= 0.6 is 0 Å². The molecule has 126 valence electrons. The van der Waals surface area contributed by atoms with E-state index in [-0.39, 0.29) is 11.7 Å². The molecule has 2 aromatic rings. The number of aliphatic carboxylic acids is 1. The Hall–Kier alpha value is -2.95. The number of hydrogen-bond acceptors (Lipinski definition) is 4. The molecule has 0 aromatic heterocycles. The highest BCUT2D eigenvalue weighted by molar-refractivity contribution is 6.20. The number of anilines is 1. The molecule has 0 aliphatic heterocycles. The van der Waals surface area contributed by atoms with Gasteiger partial charge in [-0.25, -0.2) is 4.79 Å². The maximum absolute atomic E-state index is 11.6. The van der Waals surface area contributed by atoms with Crippen molar-refractivity contribution >= 4 is 23.3 Å². The molecule has 0 aliphatic carbocycles. The molecule has 0 fully saturated rings. The standard InChI is InChI=1S/C19H21NO4/c1-12(2)24-18-11-13(4-9-17(18)23-3)10-16(19(21)22)14-5-7-15(20)8-6-14/h4-12H,20H2,1-3H3,(H,21,22)/b16-10-. The zero-order valence-electron chi connectivity index (χ0n) is 13.9. The highest BCUT2D eigenvalue weighted by Crippen LogP contribution is 2.30. The first-order valence-electron chi connectivity index (χ1n) is 7.56. The molecule has 2 rings (SSSR count). The molecule has 0 radical (unpaired) electrons. The lowest BCUT2D eigenvalue weighted by molar-refractivity contribution is -0.130. The number of hydrogen-bond donors (Lipinski definition) is 2. The topological polar surface area (TPSA) is 81.8 Å². The Morgan fingerprint density at radius 1 is 1.12 bits per heavy atom. The fourth-order valence-corrected chi connectivity index (χ4v) is 2.23. The molecule has 0 bridgehead atoms. The molecule has 3 N–H and O–H groups in total. The van der Waals surface area contributed by atoms with Crippen LogP contribution in [0.5, 0.6) is 11.5 Å². The zero-order chi connectivity index (χ0) is 17.7. The van der Waals surface area contributed by atoms with Crippen molar-refractivity contribution in [1.82, 2.24) is 0 Å². The van der Waals surface area contributed by atoms with Crippen molar-refractivity contribution in [2.24, 2.45) is 0 Å². The number of nitrogen functional groups attached to an aromatic ring is 1. The predicted molar refractivity (Wildman–Crippen MR) is 95.1 cm³/mol. The maximum Gasteiger partial charge on any atom is 0.336 e. The van der Waals surface area contributed by atoms with E-state index in [0.29, 0.717) is 28.3 Å². The lowest BCUT2D eigenvalue weighted by Gasteiger charge is -2.14. The summed E-state index contributed by atoms with van der Waals surface area (Å²) in [7, 11) is 1.56. The van der Waals surface area contributed by atoms with Crippen LogP contribution in [-0.4, -0.2) is 24.3 Å². The van der Waals surface area contributed by atoms with E-state index < -0.39 is 5.97 Å². The molecule has 0 atom stereocenters. The van der Waals surface area contributed by atoms with Gasteiger partial charge in [0.25, 0.3) is 0 Å². The van der Waals surface area contributed by atoms with Crippen LogP contribution in [0.1, 0.15) is 25.0 Å². The van der Waals surface area contributed by atoms with Gasteiger partial charge in [0, 0.05) is 5.69 Å². The number of nitrogens with two attached hydrogens (primary N) is 1. The molecular weight excluding hydrogens is 306 g/mol. The summed E-state index contributed by atoms with van der Waals surface area (Å²) in [6.45, 7) is 3.83. The van der Waals surface area contributed by atoms with Crippen molar-refractivity contribution in [3.8, 4) is 11.5 Å². The second kappa shape index (κ2) is 7.55. The van der Waals surface area contributed by atoms with E-state index in [4.69, 9.17) is 15.2 Å². The van der Waals surface area contributed by atoms with Crippen molar-refractivity contribution in [3.05, 3.63) is 53.6 Å². The average Bonchev–Trinajstić information content (AvgIpc) is 2.53. The summed E-state index contributed by atoms with van der Waals surface area (Å²) in [5.41, 5.74) is 7.71. The largest absolute Gasteiger partial charge is 0.493 e. The fraction of sp³-hybridized carbons (Fsp3) is 0.211. The van der Waals surface area contributed by atoms with E-state index in [1.54, 1.807) is 55.7 Å². The molecule has 2 aromatic carbocycles. The number of carboxylic acids is 1. The van der Waals surface area contributed by atoms with Crippen LogP contribution in [0.2, 0.25) is 0 Å². The van der Waals surface area contributed by atoms with Gasteiger partial charge in [-0.15, -0.1) is 0 Å². The first kappa shape index (κ1) is 17.4. The SMILES string of the molecule is COc1ccc(/C=C(\C(=O)O)c2ccc(N)cc2)cc1OC(C)C. The fourth-order valence-electron chi connectivity index (χ4n) is 2.23. The Morgan fingerprint density at radius 3 is 2.33 bits per heavy atom. The highest BCUT2D eigenvalue weighted by atomic mass is 16.5. The van der Waals surface area contributed by atoms with Crippen LogP contribution in [0, 0.1) is 0 Å². The van der Waals surface area contributed by atoms with Crippen molar-refractivity contribution in [2.75, 3.05) is 12.8 Å². The third-order valence-corrected chi connectivity index (χ3v) is 3.31. The van der Waals surface area contributed by atoms with Crippen LogP contribution in [0.15, 0.2) is 42.5 Å². The third kappa shape index (κ3) is 4.29. The number of carbonyl (C=O) groups is 1. The van der Waals surface area contributed by atoms with Crippen LogP contribution in [-0.2, 0) is 4.79 Å². The molecule has 0 unspecified atom stereocenters. The van der Waals surface area contributed by atoms with Gasteiger partial charge in [-0.1, -0.05) is 18.2 Å². The molecule has 0 saturated heterocycles. The van der Waals surface area contributed by atoms with Crippen molar-refractivity contribution in [1.29, 1.82) is 0 Å². The van der Waals surface area contributed by atoms with Gasteiger partial charge in [-0.3, -0.25) is 0 Å². The summed E-state index contributed by atoms with van der Waals surface area (Å²) in [5, 5.41) is 9.52. The van der Waals surface area contributed by atoms with E-state index in [1.165, 1.54) is 0 Å². The molecule has 0 saturated carbocycles. The number of rotatable bonds is 6. The van der Waals surface area contributed by atoms with Crippen LogP contribution in [0.4, 0.5) is 5.69 Å². The second-order valence-electron chi connectivity index (χ2n) is 5.56. The number of benzene rings is 2. The lowest BCUT2D eigenvalue weighted by atomic mass is 10.0. The molecule has 5 heteroatoms. The van der Waals surface area contributed by atoms with Crippen LogP contribution in [0.3, 0.4) is 0 Å². The van der Waals surface area contributed by atoms with E-state index in [2.05, 4.69) is 0 Å². The third-order valence-electron chi connectivity index (χ3n) is 3.31. The zero-order valence-corrected chi connectivity index (χ0v) is 13.9. The molecule has 24 heavy (non-hydrogen) atoms. The Labute approximate surface area is 141 Å². The molecule has 0 spiro atoms. The lowest BCUT2D eigenvalue weighted by Crippen LogP contribution is -2.07. The van der Waals surface area contributed by atoms with Crippen LogP contribution < -0.4 is 15.2 Å². The number of methoxy groups -OCH3 is 1. The molecule has 5 nitrogen and oxygen atoms in total. The summed E-state index contributed by atoms with van der Waals surface area (Å²) in [6.07, 6.45) is 1.58. The highest BCUT2D eigenvalue weighted by Gasteiger charge is 2.12. The van der Waals surface area contributed by atoms with Crippen molar-refractivity contribution in [3.63, 3.8) is 0 Å². The van der Waals surface area contributed by atoms with Gasteiger partial charge in [-0.05, 0) is 55.3 Å². The first-order chi connectivity index (χ1) is 11.4. The molecule has 0 amide bonds. The van der Waals surface area contributed by atoms with Gasteiger partial charge in [0.05, 0.1) is 18.8 Å². The Morgan fingerprint density at radius 2 is 1.79 bits per heavy atom. The summed E-state index contributed by atoms with van der Waals surface area (Å²) < 4.78 is 11.0. The number of ether oxygens (including phenoxy) is 2. The second-order valence-corrected chi connectivity index (χ2v) is 5.56. The van der Waals surface area contributed by atoms with Crippen LogP contribution in [0.25, 0.3) is 11.6 Å². The molecule has 0 aliphatic rings. The average molecular weight is 327 g/mol. The van der Waals surface area contributed by atoms with Gasteiger partial charge >= 0.3 is 5.97 Å². The first-order valence-corrected chi connectivity index (χ1v) is 7.56. The van der Waals surface area contributed by atoms with Gasteiger partial charge in [0.15, 0.2) is 11.5 Å². The van der Waals surface area contributed by atoms with Gasteiger partial charge in [0.2, 0.25) is 0 Å². The van der Waals surface area contributed by atoms with E-state index in [1.807, 2.05) is 13.8 Å². The predicted octanol–water partition coefficient (Wildman–Crippen LogP) is 3.69. The van der Waals surface area contributed by atoms with Gasteiger partial charge in [-0.2, -0.15) is 0 Å². The summed E-state index contributed by atoms with van der Waals surface area (Å²) in [4.78, 5) is 11.6. The van der Waals surface area contributed by atoms with Gasteiger partial charge < -0.3 is 20.3 Å². The van der Waals surface area contributed by atoms with E-state index in [9.17, 15) is 9.90 Å². The van der Waals surface area contributed by atoms with Crippen molar-refractivity contribution in [2.45, 2.75) is 20.0 Å². The Balaban J connectivity index is 2.45. The normalized spacial score (nSPS) is 11.4. The van der Waals surface area contributed by atoms with Crippen molar-refractivity contribution < 1.29 is 19.4 Å². The van der Waals surface area contributed by atoms with Gasteiger partial charge in [0.1, 0.15) is 0 Å². The quantitative estimate of drug-likeness (QED) is 0.480. The maximum atomic E-state index is 11.6. The molecular formula is C19H21NO4. The summed E-state index contributed by atoms with van der Waals surface area (Å²) >= 11 is 0. The number of carboxylic acid groups (broad SMARTS) is 1. The van der Waals surface area contributed by atoms with E-state index >= 15 is 0 Å². The molecule has 0 heterocycles. The minimum Gasteiger partial charge on any atom is -0.493 e. The minimum atomic E-state index is -1.01. The summed E-state index contributed by atoms with van der Waals surface area (Å²) in [5.74, 6) is 0.162. The Bertz CT molecular complexity index is 748. The Kier molecular flexibility index (Phi) is 5.47.